The zero-order valence-electron chi connectivity index (χ0n) is 7.50. The molecule has 12 heavy (non-hydrogen) atoms. The number of rotatable bonds is 2. The fraction of sp³-hybridized carbons (Fsp3) is 0.778. The maximum absolute atomic E-state index is 11.0. The van der Waals surface area contributed by atoms with E-state index in [9.17, 15) is 9.59 Å². The van der Waals surface area contributed by atoms with Gasteiger partial charge in [0.1, 0.15) is 11.9 Å². The third-order valence-corrected chi connectivity index (χ3v) is 2.29. The molecule has 0 unspecified atom stereocenters. The third kappa shape index (κ3) is 2.06. The highest BCUT2D eigenvalue weighted by atomic mass is 16.5. The van der Waals surface area contributed by atoms with Crippen LogP contribution in [0.25, 0.3) is 0 Å². The maximum Gasteiger partial charge on any atom is 0.302 e. The molecule has 0 bridgehead atoms. The van der Waals surface area contributed by atoms with Gasteiger partial charge in [0.2, 0.25) is 0 Å². The van der Waals surface area contributed by atoms with Crippen molar-refractivity contribution in [1.82, 2.24) is 0 Å². The van der Waals surface area contributed by atoms with Gasteiger partial charge in [-0.15, -0.1) is 0 Å². The standard InChI is InChI=1S/C9H14O3/c1-3-7-4-8(11)5-9(7)12-6(2)10/h7,9H,3-5H2,1-2H3/t7-,9-/m1/s1. The zero-order valence-corrected chi connectivity index (χ0v) is 7.50. The largest absolute Gasteiger partial charge is 0.462 e. The van der Waals surface area contributed by atoms with E-state index in [0.717, 1.165) is 6.42 Å². The molecule has 0 amide bonds. The van der Waals surface area contributed by atoms with Crippen LogP contribution in [-0.4, -0.2) is 17.9 Å². The van der Waals surface area contributed by atoms with E-state index in [4.69, 9.17) is 4.74 Å². The quantitative estimate of drug-likeness (QED) is 0.587. The summed E-state index contributed by atoms with van der Waals surface area (Å²) in [4.78, 5) is 21.6. The molecule has 1 rings (SSSR count). The second kappa shape index (κ2) is 3.70. The highest BCUT2D eigenvalue weighted by molar-refractivity contribution is 5.82. The summed E-state index contributed by atoms with van der Waals surface area (Å²) in [5.41, 5.74) is 0. The van der Waals surface area contributed by atoms with Crippen LogP contribution in [0.3, 0.4) is 0 Å². The number of ketones is 1. The minimum absolute atomic E-state index is 0.153. The molecule has 1 fully saturated rings. The molecule has 0 saturated heterocycles. The smallest absolute Gasteiger partial charge is 0.302 e. The Hall–Kier alpha value is -0.860. The molecule has 0 N–H and O–H groups in total. The monoisotopic (exact) mass is 170 g/mol. The Morgan fingerprint density at radius 1 is 1.58 bits per heavy atom. The van der Waals surface area contributed by atoms with Gasteiger partial charge >= 0.3 is 5.97 Å². The van der Waals surface area contributed by atoms with Crippen molar-refractivity contribution in [3.63, 3.8) is 0 Å². The normalized spacial score (nSPS) is 29.0. The Bertz CT molecular complexity index is 198. The summed E-state index contributed by atoms with van der Waals surface area (Å²) in [5, 5.41) is 0. The van der Waals surface area contributed by atoms with Crippen molar-refractivity contribution in [3.05, 3.63) is 0 Å². The third-order valence-electron chi connectivity index (χ3n) is 2.29. The molecule has 0 aromatic carbocycles. The lowest BCUT2D eigenvalue weighted by Crippen LogP contribution is -2.20. The Kier molecular flexibility index (Phi) is 2.84. The van der Waals surface area contributed by atoms with Crippen molar-refractivity contribution in [2.24, 2.45) is 5.92 Å². The molecule has 68 valence electrons. The average Bonchev–Trinajstić information content (AvgIpc) is 2.29. The summed E-state index contributed by atoms with van der Waals surface area (Å²) in [6.07, 6.45) is 1.75. The molecule has 0 aromatic rings. The van der Waals surface area contributed by atoms with Crippen LogP contribution in [0.2, 0.25) is 0 Å². The summed E-state index contributed by atoms with van der Waals surface area (Å²) in [5.74, 6) is 0.183. The molecule has 0 radical (unpaired) electrons. The molecule has 3 nitrogen and oxygen atoms in total. The van der Waals surface area contributed by atoms with Crippen molar-refractivity contribution >= 4 is 11.8 Å². The molecule has 3 heteroatoms. The number of carbonyl (C=O) groups is 2. The summed E-state index contributed by atoms with van der Waals surface area (Å²) in [7, 11) is 0. The van der Waals surface area contributed by atoms with Crippen LogP contribution in [-0.2, 0) is 14.3 Å². The van der Waals surface area contributed by atoms with Crippen molar-refractivity contribution in [1.29, 1.82) is 0 Å². The summed E-state index contributed by atoms with van der Waals surface area (Å²) in [6, 6.07) is 0. The predicted molar refractivity (Wildman–Crippen MR) is 43.6 cm³/mol. The van der Waals surface area contributed by atoms with Crippen molar-refractivity contribution in [3.8, 4) is 0 Å². The number of ether oxygens (including phenoxy) is 1. The number of carbonyl (C=O) groups excluding carboxylic acids is 2. The van der Waals surface area contributed by atoms with E-state index in [1.54, 1.807) is 0 Å². The van der Waals surface area contributed by atoms with Gasteiger partial charge in [-0.1, -0.05) is 6.92 Å². The minimum atomic E-state index is -0.284. The first-order valence-corrected chi connectivity index (χ1v) is 4.32. The summed E-state index contributed by atoms with van der Waals surface area (Å²) < 4.78 is 5.03. The van der Waals surface area contributed by atoms with Gasteiger partial charge in [0.25, 0.3) is 0 Å². The van der Waals surface area contributed by atoms with E-state index in [0.29, 0.717) is 12.8 Å². The first kappa shape index (κ1) is 9.23. The Balaban J connectivity index is 2.51. The first-order chi connectivity index (χ1) is 5.63. The van der Waals surface area contributed by atoms with Crippen LogP contribution in [0.15, 0.2) is 0 Å². The average molecular weight is 170 g/mol. The van der Waals surface area contributed by atoms with Gasteiger partial charge in [0.15, 0.2) is 0 Å². The molecular formula is C9H14O3. The van der Waals surface area contributed by atoms with Crippen LogP contribution in [0.5, 0.6) is 0 Å². The molecule has 0 aromatic heterocycles. The molecule has 1 aliphatic rings. The molecule has 1 saturated carbocycles. The Labute approximate surface area is 72.1 Å². The van der Waals surface area contributed by atoms with Gasteiger partial charge in [-0.05, 0) is 6.42 Å². The Morgan fingerprint density at radius 3 is 2.75 bits per heavy atom. The van der Waals surface area contributed by atoms with Gasteiger partial charge in [0.05, 0.1) is 0 Å². The zero-order chi connectivity index (χ0) is 9.14. The van der Waals surface area contributed by atoms with Gasteiger partial charge in [-0.3, -0.25) is 9.59 Å². The van der Waals surface area contributed by atoms with Crippen molar-refractivity contribution < 1.29 is 14.3 Å². The van der Waals surface area contributed by atoms with Crippen LogP contribution >= 0.6 is 0 Å². The van der Waals surface area contributed by atoms with Gasteiger partial charge in [-0.25, -0.2) is 0 Å². The number of esters is 1. The van der Waals surface area contributed by atoms with E-state index in [-0.39, 0.29) is 23.8 Å². The molecule has 2 atom stereocenters. The SMILES string of the molecule is CC[C@@H]1CC(=O)C[C@H]1OC(C)=O. The van der Waals surface area contributed by atoms with Gasteiger partial charge < -0.3 is 4.74 Å². The van der Waals surface area contributed by atoms with Crippen LogP contribution < -0.4 is 0 Å². The number of Topliss-reactive ketones (excluding diaryl/α,β-unsaturated/α-hetero) is 1. The van der Waals surface area contributed by atoms with Crippen molar-refractivity contribution in [2.45, 2.75) is 39.2 Å². The van der Waals surface area contributed by atoms with Crippen LogP contribution in [0, 0.1) is 5.92 Å². The number of hydrogen-bond acceptors (Lipinski definition) is 3. The van der Waals surface area contributed by atoms with Crippen molar-refractivity contribution in [2.75, 3.05) is 0 Å². The lowest BCUT2D eigenvalue weighted by atomic mass is 10.0. The molecule has 0 heterocycles. The minimum Gasteiger partial charge on any atom is -0.462 e. The molecule has 0 aliphatic heterocycles. The number of hydrogen-bond donors (Lipinski definition) is 0. The lowest BCUT2D eigenvalue weighted by Gasteiger charge is -2.16. The fourth-order valence-corrected chi connectivity index (χ4v) is 1.66. The van der Waals surface area contributed by atoms with Crippen LogP contribution in [0.1, 0.15) is 33.1 Å². The highest BCUT2D eigenvalue weighted by Crippen LogP contribution is 2.28. The lowest BCUT2D eigenvalue weighted by molar-refractivity contribution is -0.148. The second-order valence-electron chi connectivity index (χ2n) is 3.26. The van der Waals surface area contributed by atoms with E-state index >= 15 is 0 Å². The van der Waals surface area contributed by atoms with Gasteiger partial charge in [0, 0.05) is 25.7 Å². The summed E-state index contributed by atoms with van der Waals surface area (Å²) in [6.45, 7) is 3.40. The van der Waals surface area contributed by atoms with E-state index in [1.807, 2.05) is 6.92 Å². The highest BCUT2D eigenvalue weighted by Gasteiger charge is 2.33. The predicted octanol–water partition coefficient (Wildman–Crippen LogP) is 1.31. The fourth-order valence-electron chi connectivity index (χ4n) is 1.66. The second-order valence-corrected chi connectivity index (χ2v) is 3.26. The molecular weight excluding hydrogens is 156 g/mol. The maximum atomic E-state index is 11.0. The van der Waals surface area contributed by atoms with Gasteiger partial charge in [-0.2, -0.15) is 0 Å². The van der Waals surface area contributed by atoms with E-state index in [2.05, 4.69) is 0 Å². The van der Waals surface area contributed by atoms with E-state index in [1.165, 1.54) is 6.92 Å². The van der Waals surface area contributed by atoms with E-state index < -0.39 is 0 Å². The van der Waals surface area contributed by atoms with Crippen LogP contribution in [0.4, 0.5) is 0 Å². The molecule has 1 aliphatic carbocycles. The topological polar surface area (TPSA) is 43.4 Å². The molecule has 0 spiro atoms. The first-order valence-electron chi connectivity index (χ1n) is 4.32. The Morgan fingerprint density at radius 2 is 2.25 bits per heavy atom. The summed E-state index contributed by atoms with van der Waals surface area (Å²) >= 11 is 0.